The second-order valence-electron chi connectivity index (χ2n) is 16.1. The molecule has 3 aliphatic heterocycles. The van der Waals surface area contributed by atoms with Crippen LogP contribution in [-0.4, -0.2) is 106 Å². The van der Waals surface area contributed by atoms with Gasteiger partial charge in [0.25, 0.3) is 0 Å². The molecule has 0 amide bonds. The number of hydrogen-bond acceptors (Lipinski definition) is 10. The van der Waals surface area contributed by atoms with E-state index in [0.717, 1.165) is 85.2 Å². The van der Waals surface area contributed by atoms with Crippen LogP contribution in [0.4, 0.5) is 30.2 Å². The fourth-order valence-corrected chi connectivity index (χ4v) is 9.82. The molecule has 3 aliphatic rings. The third-order valence-electron chi connectivity index (χ3n) is 12.2. The second kappa shape index (κ2) is 18.3. The van der Waals surface area contributed by atoms with Gasteiger partial charge in [-0.05, 0) is 98.0 Å². The van der Waals surface area contributed by atoms with Crippen LogP contribution in [0.1, 0.15) is 68.7 Å². The van der Waals surface area contributed by atoms with E-state index >= 15 is 8.78 Å². The van der Waals surface area contributed by atoms with Crippen LogP contribution in [0.15, 0.2) is 73.1 Å². The van der Waals surface area contributed by atoms with Crippen molar-refractivity contribution in [3.8, 4) is 11.1 Å². The molecule has 62 heavy (non-hydrogen) atoms. The maximum atomic E-state index is 15.7. The van der Waals surface area contributed by atoms with E-state index in [9.17, 15) is 27.2 Å². The van der Waals surface area contributed by atoms with Crippen molar-refractivity contribution in [1.29, 1.82) is 0 Å². The number of esters is 1. The van der Waals surface area contributed by atoms with Crippen LogP contribution in [0.25, 0.3) is 22.2 Å². The Kier molecular flexibility index (Phi) is 12.7. The van der Waals surface area contributed by atoms with Crippen LogP contribution in [0.2, 0.25) is 0 Å². The molecule has 17 heteroatoms. The Morgan fingerprint density at radius 3 is 2.15 bits per heavy atom. The number of methoxy groups -OCH3 is 1. The molecule has 0 unspecified atom stereocenters. The number of nitrogens with one attached hydrogen (secondary N) is 2. The number of ketones is 1. The van der Waals surface area contributed by atoms with Crippen molar-refractivity contribution in [2.75, 3.05) is 74.1 Å². The third-order valence-corrected chi connectivity index (χ3v) is 13.7. The lowest BCUT2D eigenvalue weighted by molar-refractivity contribution is 0.0578. The zero-order valence-electron chi connectivity index (χ0n) is 34.1. The van der Waals surface area contributed by atoms with Crippen molar-refractivity contribution in [3.63, 3.8) is 0 Å². The topological polar surface area (TPSA) is 154 Å². The SMILES string of the molecule is COC(=O)c1ccc(N2CCC(COCC3CCN(c4ccc(-c5cnc6[nH]cc(C(=O)c7c(F)ccc(NS(=O)(=O)N8CC[C@@H](F)C8)c7F)c6c5)cc4)CC3)CC2)cc1C=O. The zero-order chi connectivity index (χ0) is 43.5. The molecule has 0 spiro atoms. The minimum Gasteiger partial charge on any atom is -0.465 e. The van der Waals surface area contributed by atoms with Crippen molar-refractivity contribution in [3.05, 3.63) is 107 Å². The van der Waals surface area contributed by atoms with Gasteiger partial charge in [0.15, 0.2) is 12.1 Å². The summed E-state index contributed by atoms with van der Waals surface area (Å²) < 4.78 is 84.0. The van der Waals surface area contributed by atoms with Crippen molar-refractivity contribution < 1.29 is 45.4 Å². The van der Waals surface area contributed by atoms with Crippen LogP contribution in [0, 0.1) is 23.5 Å². The summed E-state index contributed by atoms with van der Waals surface area (Å²) >= 11 is 0. The molecule has 0 saturated carbocycles. The highest BCUT2D eigenvalue weighted by Gasteiger charge is 2.33. The Labute approximate surface area is 357 Å². The molecule has 8 rings (SSSR count). The Bertz CT molecular complexity index is 2570. The molecule has 2 aromatic heterocycles. The quantitative estimate of drug-likeness (QED) is 0.0666. The largest absolute Gasteiger partial charge is 0.465 e. The van der Waals surface area contributed by atoms with E-state index < -0.39 is 51.0 Å². The number of rotatable bonds is 14. The summed E-state index contributed by atoms with van der Waals surface area (Å²) in [5, 5.41) is 0.334. The van der Waals surface area contributed by atoms with Crippen LogP contribution in [0.3, 0.4) is 0 Å². The van der Waals surface area contributed by atoms with Gasteiger partial charge >= 0.3 is 16.2 Å². The highest BCUT2D eigenvalue weighted by molar-refractivity contribution is 7.90. The summed E-state index contributed by atoms with van der Waals surface area (Å²) in [5.74, 6) is -3.16. The van der Waals surface area contributed by atoms with E-state index in [1.54, 1.807) is 24.4 Å². The van der Waals surface area contributed by atoms with E-state index in [-0.39, 0.29) is 30.6 Å². The molecular weight excluding hydrogens is 826 g/mol. The maximum Gasteiger partial charge on any atom is 0.338 e. The van der Waals surface area contributed by atoms with Crippen molar-refractivity contribution in [2.45, 2.75) is 38.3 Å². The molecule has 3 fully saturated rings. The molecule has 2 N–H and O–H groups in total. The van der Waals surface area contributed by atoms with Crippen molar-refractivity contribution >= 4 is 56.3 Å². The Balaban J connectivity index is 0.835. The van der Waals surface area contributed by atoms with Gasteiger partial charge in [-0.15, -0.1) is 0 Å². The lowest BCUT2D eigenvalue weighted by atomic mass is 9.95. The van der Waals surface area contributed by atoms with E-state index in [4.69, 9.17) is 9.47 Å². The Morgan fingerprint density at radius 2 is 1.52 bits per heavy atom. The molecular formula is C45H47F3N6O7S. The average Bonchev–Trinajstić information content (AvgIpc) is 3.94. The van der Waals surface area contributed by atoms with Gasteiger partial charge in [-0.1, -0.05) is 12.1 Å². The monoisotopic (exact) mass is 872 g/mol. The molecule has 13 nitrogen and oxygen atoms in total. The first-order chi connectivity index (χ1) is 29.9. The predicted molar refractivity (Wildman–Crippen MR) is 229 cm³/mol. The number of hydrogen-bond donors (Lipinski definition) is 2. The van der Waals surface area contributed by atoms with Crippen LogP contribution in [-0.2, 0) is 19.7 Å². The lowest BCUT2D eigenvalue weighted by Gasteiger charge is -2.35. The van der Waals surface area contributed by atoms with Gasteiger partial charge in [-0.3, -0.25) is 14.3 Å². The normalized spacial score (nSPS) is 18.0. The smallest absolute Gasteiger partial charge is 0.338 e. The van der Waals surface area contributed by atoms with Gasteiger partial charge in [-0.2, -0.15) is 12.7 Å². The number of piperidine rings is 2. The molecule has 1 atom stereocenters. The van der Waals surface area contributed by atoms with Gasteiger partial charge in [-0.25, -0.2) is 22.9 Å². The number of carbonyl (C=O) groups is 3. The van der Waals surface area contributed by atoms with Crippen molar-refractivity contribution in [1.82, 2.24) is 14.3 Å². The summed E-state index contributed by atoms with van der Waals surface area (Å²) in [6, 6.07) is 16.7. The fourth-order valence-electron chi connectivity index (χ4n) is 8.55. The number of alkyl halides is 1. The number of pyridine rings is 1. The van der Waals surface area contributed by atoms with E-state index in [1.807, 2.05) is 35.1 Å². The molecule has 5 heterocycles. The predicted octanol–water partition coefficient (Wildman–Crippen LogP) is 7.19. The number of aromatic amines is 1. The summed E-state index contributed by atoms with van der Waals surface area (Å²) in [4.78, 5) is 49.2. The summed E-state index contributed by atoms with van der Waals surface area (Å²) in [5.41, 5.74) is 2.81. The maximum absolute atomic E-state index is 15.7. The first-order valence-electron chi connectivity index (χ1n) is 20.7. The number of aldehydes is 1. The Hall–Kier alpha value is -5.78. The fraction of sp³-hybridized carbons (Fsp3) is 0.378. The van der Waals surface area contributed by atoms with Gasteiger partial charge in [0.05, 0.1) is 23.9 Å². The first-order valence-corrected chi connectivity index (χ1v) is 22.1. The molecule has 3 saturated heterocycles. The number of fused-ring (bicyclic) bond motifs is 1. The standard InChI is InChI=1S/C45H47F3N6O7S/c1-60-45(57)36-7-6-35(20-32(36)25-55)53-17-12-29(13-18-53)27-61-26-28-10-15-52(16-11-28)34-4-2-30(3-5-34)31-21-37-38(23-50-44(37)49-22-31)43(56)41-39(47)8-9-40(42(41)48)51-62(58,59)54-19-14-33(46)24-54/h2-9,20-23,25,28-29,33,51H,10-19,24,26-27H2,1H3,(H,49,50)/t33-/m1/s1. The molecule has 326 valence electrons. The Morgan fingerprint density at radius 1 is 0.855 bits per heavy atom. The van der Waals surface area contributed by atoms with Gasteiger partial charge < -0.3 is 24.3 Å². The molecule has 3 aromatic carbocycles. The number of nitrogens with zero attached hydrogens (tertiary/aromatic N) is 4. The summed E-state index contributed by atoms with van der Waals surface area (Å²) in [6.07, 6.45) is 6.26. The number of halogens is 3. The minimum absolute atomic E-state index is 0.00501. The summed E-state index contributed by atoms with van der Waals surface area (Å²) in [6.45, 7) is 4.41. The number of ether oxygens (including phenoxy) is 2. The van der Waals surface area contributed by atoms with Crippen LogP contribution < -0.4 is 14.5 Å². The molecule has 5 aromatic rings. The minimum atomic E-state index is -4.35. The molecule has 0 radical (unpaired) electrons. The highest BCUT2D eigenvalue weighted by atomic mass is 32.2. The highest BCUT2D eigenvalue weighted by Crippen LogP contribution is 2.33. The molecule has 0 bridgehead atoms. The average molecular weight is 873 g/mol. The van der Waals surface area contributed by atoms with Crippen LogP contribution >= 0.6 is 0 Å². The first kappa shape index (κ1) is 42.9. The summed E-state index contributed by atoms with van der Waals surface area (Å²) in [7, 11) is -3.05. The van der Waals surface area contributed by atoms with Gasteiger partial charge in [0.1, 0.15) is 17.6 Å². The van der Waals surface area contributed by atoms with E-state index in [0.29, 0.717) is 53.5 Å². The number of aromatic nitrogens is 2. The third kappa shape index (κ3) is 9.06. The number of carbonyl (C=O) groups excluding carboxylic acids is 3. The van der Waals surface area contributed by atoms with Gasteiger partial charge in [0, 0.05) is 98.3 Å². The number of H-pyrrole nitrogens is 1. The second-order valence-corrected chi connectivity index (χ2v) is 17.8. The van der Waals surface area contributed by atoms with Crippen LogP contribution in [0.5, 0.6) is 0 Å². The lowest BCUT2D eigenvalue weighted by Crippen LogP contribution is -2.36. The van der Waals surface area contributed by atoms with E-state index in [1.165, 1.54) is 13.3 Å². The van der Waals surface area contributed by atoms with Gasteiger partial charge in [0.2, 0.25) is 5.78 Å². The number of anilines is 3. The number of benzene rings is 3. The van der Waals surface area contributed by atoms with Crippen molar-refractivity contribution in [2.24, 2.45) is 11.8 Å². The zero-order valence-corrected chi connectivity index (χ0v) is 34.9. The van der Waals surface area contributed by atoms with E-state index in [2.05, 4.69) is 19.8 Å². The molecule has 0 aliphatic carbocycles.